The van der Waals surface area contributed by atoms with Gasteiger partial charge in [-0.1, -0.05) is 37.3 Å². The van der Waals surface area contributed by atoms with E-state index in [1.54, 1.807) is 0 Å². The fraction of sp³-hybridized carbons (Fsp3) is 0.652. The molecule has 1 saturated carbocycles. The average Bonchev–Trinajstić information content (AvgIpc) is 3.45. The number of benzene rings is 1. The van der Waals surface area contributed by atoms with Gasteiger partial charge in [-0.3, -0.25) is 14.5 Å². The highest BCUT2D eigenvalue weighted by atomic mass is 16.2. The Balaban J connectivity index is 1.35. The van der Waals surface area contributed by atoms with Crippen molar-refractivity contribution in [1.29, 1.82) is 0 Å². The first-order valence-corrected chi connectivity index (χ1v) is 10.9. The van der Waals surface area contributed by atoms with Crippen molar-refractivity contribution in [1.82, 2.24) is 15.1 Å². The highest BCUT2D eigenvalue weighted by Gasteiger charge is 2.37. The van der Waals surface area contributed by atoms with E-state index in [9.17, 15) is 9.59 Å². The van der Waals surface area contributed by atoms with Crippen molar-refractivity contribution in [3.05, 3.63) is 35.9 Å². The Hall–Kier alpha value is -1.88. The molecule has 2 unspecified atom stereocenters. The quantitative estimate of drug-likeness (QED) is 0.788. The zero-order valence-electron chi connectivity index (χ0n) is 17.0. The summed E-state index contributed by atoms with van der Waals surface area (Å²) in [4.78, 5) is 29.4. The second kappa shape index (κ2) is 8.64. The summed E-state index contributed by atoms with van der Waals surface area (Å²) >= 11 is 0. The number of hydrogen-bond acceptors (Lipinski definition) is 3. The van der Waals surface area contributed by atoms with Crippen LogP contribution in [-0.2, 0) is 9.59 Å². The lowest BCUT2D eigenvalue weighted by Gasteiger charge is -2.37. The van der Waals surface area contributed by atoms with Crippen molar-refractivity contribution in [2.75, 3.05) is 32.7 Å². The molecule has 0 bridgehead atoms. The first-order valence-electron chi connectivity index (χ1n) is 10.9. The first-order chi connectivity index (χ1) is 13.6. The molecular formula is C23H33N3O2. The SMILES string of the molecule is CC1CCN(C(CNC(=O)C2CC(=O)N(CC3CC3)C2)c2ccccc2)CC1. The van der Waals surface area contributed by atoms with Crippen LogP contribution in [0.2, 0.25) is 0 Å². The van der Waals surface area contributed by atoms with Gasteiger partial charge in [0.15, 0.2) is 0 Å². The van der Waals surface area contributed by atoms with Gasteiger partial charge in [-0.15, -0.1) is 0 Å². The maximum Gasteiger partial charge on any atom is 0.225 e. The summed E-state index contributed by atoms with van der Waals surface area (Å²) in [6, 6.07) is 10.7. The highest BCUT2D eigenvalue weighted by molar-refractivity contribution is 5.89. The Morgan fingerprint density at radius 2 is 1.86 bits per heavy atom. The monoisotopic (exact) mass is 383 g/mol. The van der Waals surface area contributed by atoms with Gasteiger partial charge in [-0.2, -0.15) is 0 Å². The van der Waals surface area contributed by atoms with Crippen molar-refractivity contribution < 1.29 is 9.59 Å². The molecule has 0 radical (unpaired) electrons. The second-order valence-electron chi connectivity index (χ2n) is 9.03. The van der Waals surface area contributed by atoms with E-state index >= 15 is 0 Å². The number of hydrogen-bond donors (Lipinski definition) is 1. The van der Waals surface area contributed by atoms with Crippen LogP contribution in [0.25, 0.3) is 0 Å². The van der Waals surface area contributed by atoms with Crippen LogP contribution in [-0.4, -0.2) is 54.3 Å². The molecule has 2 heterocycles. The van der Waals surface area contributed by atoms with Crippen LogP contribution >= 0.6 is 0 Å². The second-order valence-corrected chi connectivity index (χ2v) is 9.03. The maximum atomic E-state index is 12.8. The molecule has 3 fully saturated rings. The number of rotatable bonds is 7. The van der Waals surface area contributed by atoms with Gasteiger partial charge in [0.2, 0.25) is 11.8 Å². The van der Waals surface area contributed by atoms with E-state index < -0.39 is 0 Å². The van der Waals surface area contributed by atoms with Crippen LogP contribution in [0.3, 0.4) is 0 Å². The molecule has 4 rings (SSSR count). The third-order valence-corrected chi connectivity index (χ3v) is 6.67. The summed E-state index contributed by atoms with van der Waals surface area (Å²) in [6.45, 7) is 6.53. The molecule has 2 amide bonds. The van der Waals surface area contributed by atoms with Gasteiger partial charge in [-0.05, 0) is 56.2 Å². The Bertz CT molecular complexity index is 680. The van der Waals surface area contributed by atoms with Crippen LogP contribution < -0.4 is 5.32 Å². The molecule has 2 atom stereocenters. The minimum atomic E-state index is -0.191. The summed E-state index contributed by atoms with van der Waals surface area (Å²) in [6.07, 6.45) is 5.26. The van der Waals surface area contributed by atoms with Gasteiger partial charge in [0.05, 0.1) is 12.0 Å². The van der Waals surface area contributed by atoms with Crippen LogP contribution in [0, 0.1) is 17.8 Å². The average molecular weight is 384 g/mol. The Labute approximate surface area is 168 Å². The smallest absolute Gasteiger partial charge is 0.225 e. The minimum Gasteiger partial charge on any atom is -0.354 e. The predicted molar refractivity (Wildman–Crippen MR) is 110 cm³/mol. The summed E-state index contributed by atoms with van der Waals surface area (Å²) in [5.74, 6) is 1.46. The molecule has 0 aromatic heterocycles. The Morgan fingerprint density at radius 1 is 1.14 bits per heavy atom. The topological polar surface area (TPSA) is 52.7 Å². The predicted octanol–water partition coefficient (Wildman–Crippen LogP) is 2.83. The van der Waals surface area contributed by atoms with Crippen LogP contribution in [0.1, 0.15) is 50.6 Å². The number of piperidine rings is 1. The molecule has 0 spiro atoms. The summed E-state index contributed by atoms with van der Waals surface area (Å²) in [5.41, 5.74) is 1.26. The molecule has 2 aliphatic heterocycles. The van der Waals surface area contributed by atoms with Crippen molar-refractivity contribution in [3.63, 3.8) is 0 Å². The van der Waals surface area contributed by atoms with E-state index in [1.165, 1.54) is 31.2 Å². The maximum absolute atomic E-state index is 12.8. The number of carbonyl (C=O) groups is 2. The van der Waals surface area contributed by atoms with Crippen LogP contribution in [0.4, 0.5) is 0 Å². The standard InChI is InChI=1S/C23H33N3O2/c1-17-9-11-25(12-10-17)21(19-5-3-2-4-6-19)14-24-23(28)20-13-22(27)26(16-20)15-18-7-8-18/h2-6,17-18,20-21H,7-16H2,1H3,(H,24,28). The number of nitrogens with zero attached hydrogens (tertiary/aromatic N) is 2. The van der Waals surface area contributed by atoms with Gasteiger partial charge in [-0.25, -0.2) is 0 Å². The van der Waals surface area contributed by atoms with Crippen molar-refractivity contribution in [2.24, 2.45) is 17.8 Å². The third-order valence-electron chi connectivity index (χ3n) is 6.67. The van der Waals surface area contributed by atoms with E-state index in [4.69, 9.17) is 0 Å². The Morgan fingerprint density at radius 3 is 2.54 bits per heavy atom. The number of amides is 2. The molecule has 1 aliphatic carbocycles. The first kappa shape index (κ1) is 19.4. The fourth-order valence-electron chi connectivity index (χ4n) is 4.55. The van der Waals surface area contributed by atoms with E-state index in [0.29, 0.717) is 25.4 Å². The van der Waals surface area contributed by atoms with Crippen molar-refractivity contribution in [2.45, 2.75) is 45.1 Å². The third kappa shape index (κ3) is 4.75. The lowest BCUT2D eigenvalue weighted by atomic mass is 9.95. The molecule has 1 N–H and O–H groups in total. The molecule has 1 aromatic rings. The summed E-state index contributed by atoms with van der Waals surface area (Å²) in [5, 5.41) is 3.18. The zero-order valence-corrected chi connectivity index (χ0v) is 17.0. The summed E-state index contributed by atoms with van der Waals surface area (Å²) < 4.78 is 0. The van der Waals surface area contributed by atoms with Crippen LogP contribution in [0.5, 0.6) is 0 Å². The number of carbonyl (C=O) groups excluding carboxylic acids is 2. The zero-order chi connectivity index (χ0) is 19.5. The highest BCUT2D eigenvalue weighted by Crippen LogP contribution is 2.32. The minimum absolute atomic E-state index is 0.0398. The normalized spacial score (nSPS) is 25.1. The van der Waals surface area contributed by atoms with Gasteiger partial charge >= 0.3 is 0 Å². The number of likely N-dealkylation sites (tertiary alicyclic amines) is 2. The lowest BCUT2D eigenvalue weighted by Crippen LogP contribution is -2.43. The molecule has 1 aromatic carbocycles. The molecule has 5 nitrogen and oxygen atoms in total. The largest absolute Gasteiger partial charge is 0.354 e. The van der Waals surface area contributed by atoms with Gasteiger partial charge in [0.25, 0.3) is 0 Å². The van der Waals surface area contributed by atoms with Crippen molar-refractivity contribution in [3.8, 4) is 0 Å². The lowest BCUT2D eigenvalue weighted by molar-refractivity contribution is -0.129. The van der Waals surface area contributed by atoms with E-state index in [-0.39, 0.29) is 23.8 Å². The fourth-order valence-corrected chi connectivity index (χ4v) is 4.55. The molecule has 28 heavy (non-hydrogen) atoms. The van der Waals surface area contributed by atoms with Crippen molar-refractivity contribution >= 4 is 11.8 Å². The van der Waals surface area contributed by atoms with E-state index in [0.717, 1.165) is 25.6 Å². The van der Waals surface area contributed by atoms with E-state index in [2.05, 4.69) is 41.4 Å². The number of nitrogens with one attached hydrogen (secondary N) is 1. The van der Waals surface area contributed by atoms with E-state index in [1.807, 2.05) is 11.0 Å². The molecule has 152 valence electrons. The summed E-state index contributed by atoms with van der Waals surface area (Å²) in [7, 11) is 0. The molecule has 2 saturated heterocycles. The van der Waals surface area contributed by atoms with Gasteiger partial charge < -0.3 is 10.2 Å². The molecular weight excluding hydrogens is 350 g/mol. The molecule has 5 heteroatoms. The van der Waals surface area contributed by atoms with Gasteiger partial charge in [0, 0.05) is 26.1 Å². The molecule has 3 aliphatic rings. The van der Waals surface area contributed by atoms with Gasteiger partial charge in [0.1, 0.15) is 0 Å². The van der Waals surface area contributed by atoms with Crippen LogP contribution in [0.15, 0.2) is 30.3 Å². The Kier molecular flexibility index (Phi) is 6.00.